The molecule has 0 bridgehead atoms. The van der Waals surface area contributed by atoms with Gasteiger partial charge in [0.25, 0.3) is 17.4 Å². The fraction of sp³-hybridized carbons (Fsp3) is 0.267. The number of benzene rings is 3. The molecule has 3 aromatic rings. The monoisotopic (exact) mass is 529 g/mol. The first-order valence-electron chi connectivity index (χ1n) is 12.6. The normalized spacial score (nSPS) is 16.6. The Bertz CT molecular complexity index is 1410. The van der Waals surface area contributed by atoms with Crippen LogP contribution in [0.2, 0.25) is 0 Å². The molecule has 1 amide bonds. The van der Waals surface area contributed by atoms with Gasteiger partial charge in [0.1, 0.15) is 18.1 Å². The molecule has 1 saturated heterocycles. The van der Waals surface area contributed by atoms with Crippen LogP contribution in [-0.2, 0) is 16.2 Å². The third-order valence-electron chi connectivity index (χ3n) is 6.56. The zero-order chi connectivity index (χ0) is 28.1. The van der Waals surface area contributed by atoms with Crippen LogP contribution in [-0.4, -0.2) is 58.7 Å². The Morgan fingerprint density at radius 3 is 2.44 bits per heavy atom. The van der Waals surface area contributed by atoms with Crippen molar-refractivity contribution in [1.82, 2.24) is 9.80 Å². The van der Waals surface area contributed by atoms with Gasteiger partial charge in [-0.25, -0.2) is 0 Å². The van der Waals surface area contributed by atoms with Crippen LogP contribution in [0.1, 0.15) is 34.7 Å². The minimum Gasteiger partial charge on any atom is -0.507 e. The second-order valence-corrected chi connectivity index (χ2v) is 9.80. The minimum atomic E-state index is -0.954. The van der Waals surface area contributed by atoms with E-state index in [2.05, 4.69) is 0 Å². The van der Waals surface area contributed by atoms with Gasteiger partial charge in [-0.1, -0.05) is 42.0 Å². The molecule has 1 N–H and O–H groups in total. The molecule has 0 aliphatic carbocycles. The maximum atomic E-state index is 13.2. The van der Waals surface area contributed by atoms with Crippen molar-refractivity contribution in [2.75, 3.05) is 27.2 Å². The summed E-state index contributed by atoms with van der Waals surface area (Å²) in [7, 11) is 3.81. The van der Waals surface area contributed by atoms with Gasteiger partial charge in [-0.2, -0.15) is 0 Å². The van der Waals surface area contributed by atoms with Crippen molar-refractivity contribution in [2.24, 2.45) is 0 Å². The quantitative estimate of drug-likeness (QED) is 0.131. The Labute approximate surface area is 227 Å². The molecule has 0 radical (unpaired) electrons. The van der Waals surface area contributed by atoms with E-state index < -0.39 is 22.7 Å². The van der Waals surface area contributed by atoms with E-state index in [1.54, 1.807) is 30.3 Å². The molecule has 1 aliphatic heterocycles. The van der Waals surface area contributed by atoms with Gasteiger partial charge in [-0.3, -0.25) is 19.7 Å². The molecule has 1 fully saturated rings. The fourth-order valence-electron chi connectivity index (χ4n) is 4.66. The van der Waals surface area contributed by atoms with E-state index in [0.717, 1.165) is 11.1 Å². The smallest absolute Gasteiger partial charge is 0.295 e. The fourth-order valence-corrected chi connectivity index (χ4v) is 4.66. The van der Waals surface area contributed by atoms with Crippen LogP contribution in [0.15, 0.2) is 78.4 Å². The average Bonchev–Trinajstić information content (AvgIpc) is 3.17. The molecule has 1 unspecified atom stereocenters. The minimum absolute atomic E-state index is 0.0984. The lowest BCUT2D eigenvalue weighted by Crippen LogP contribution is -2.32. The van der Waals surface area contributed by atoms with Crippen LogP contribution in [0, 0.1) is 17.0 Å². The number of nitro benzene ring substituents is 1. The van der Waals surface area contributed by atoms with E-state index >= 15 is 0 Å². The number of nitrogens with zero attached hydrogens (tertiary/aromatic N) is 3. The van der Waals surface area contributed by atoms with Gasteiger partial charge in [0.05, 0.1) is 16.5 Å². The number of rotatable bonds is 10. The lowest BCUT2D eigenvalue weighted by atomic mass is 9.95. The summed E-state index contributed by atoms with van der Waals surface area (Å²) >= 11 is 0. The number of nitro groups is 1. The van der Waals surface area contributed by atoms with Gasteiger partial charge in [-0.15, -0.1) is 0 Å². The van der Waals surface area contributed by atoms with Crippen molar-refractivity contribution in [2.45, 2.75) is 26.0 Å². The maximum Gasteiger partial charge on any atom is 0.295 e. The number of Topliss-reactive ketones (excluding diaryl/α,β-unsaturated/α-hetero) is 1. The summed E-state index contributed by atoms with van der Waals surface area (Å²) in [6.07, 6.45) is 0.582. The third kappa shape index (κ3) is 6.32. The molecule has 4 rings (SSSR count). The number of aryl methyl sites for hydroxylation is 1. The number of aliphatic hydroxyl groups is 1. The van der Waals surface area contributed by atoms with Crippen LogP contribution < -0.4 is 4.74 Å². The molecule has 1 atom stereocenters. The molecule has 3 aromatic carbocycles. The number of aliphatic hydroxyl groups excluding tert-OH is 1. The topological polar surface area (TPSA) is 113 Å². The van der Waals surface area contributed by atoms with Crippen LogP contribution in [0.4, 0.5) is 5.69 Å². The molecule has 202 valence electrons. The first-order chi connectivity index (χ1) is 18.7. The number of ketones is 1. The number of non-ortho nitro benzene ring substituents is 1. The molecule has 0 spiro atoms. The predicted molar refractivity (Wildman–Crippen MR) is 147 cm³/mol. The van der Waals surface area contributed by atoms with Crippen molar-refractivity contribution < 1.29 is 24.4 Å². The van der Waals surface area contributed by atoms with Crippen molar-refractivity contribution in [3.8, 4) is 5.75 Å². The zero-order valence-electron chi connectivity index (χ0n) is 22.2. The second kappa shape index (κ2) is 11.9. The van der Waals surface area contributed by atoms with Gasteiger partial charge in [0, 0.05) is 24.2 Å². The highest BCUT2D eigenvalue weighted by Gasteiger charge is 2.46. The van der Waals surface area contributed by atoms with Gasteiger partial charge in [-0.05, 0) is 69.4 Å². The summed E-state index contributed by atoms with van der Waals surface area (Å²) < 4.78 is 5.86. The second-order valence-electron chi connectivity index (χ2n) is 9.80. The summed E-state index contributed by atoms with van der Waals surface area (Å²) in [5, 5.41) is 22.7. The zero-order valence-corrected chi connectivity index (χ0v) is 22.2. The lowest BCUT2D eigenvalue weighted by molar-refractivity contribution is -0.384. The van der Waals surface area contributed by atoms with Crippen LogP contribution in [0.25, 0.3) is 5.76 Å². The number of likely N-dealkylation sites (tertiary alicyclic amines) is 1. The molecular formula is C30H31N3O6. The molecule has 0 saturated carbocycles. The molecule has 39 heavy (non-hydrogen) atoms. The van der Waals surface area contributed by atoms with Crippen LogP contribution >= 0.6 is 0 Å². The summed E-state index contributed by atoms with van der Waals surface area (Å²) in [5.74, 6) is -1.34. The summed E-state index contributed by atoms with van der Waals surface area (Å²) in [4.78, 5) is 40.5. The number of ether oxygens (including phenoxy) is 1. The van der Waals surface area contributed by atoms with E-state index in [0.29, 0.717) is 36.4 Å². The van der Waals surface area contributed by atoms with E-state index in [4.69, 9.17) is 4.74 Å². The molecule has 9 heteroatoms. The molecule has 0 aromatic heterocycles. The molecular weight excluding hydrogens is 498 g/mol. The molecule has 9 nitrogen and oxygen atoms in total. The van der Waals surface area contributed by atoms with E-state index in [1.165, 1.54) is 23.1 Å². The number of carbonyl (C=O) groups excluding carboxylic acids is 2. The lowest BCUT2D eigenvalue weighted by Gasteiger charge is -2.25. The molecule has 1 aliphatic rings. The Hall–Kier alpha value is -4.50. The first-order valence-corrected chi connectivity index (χ1v) is 12.6. The molecule has 1 heterocycles. The van der Waals surface area contributed by atoms with E-state index in [1.807, 2.05) is 50.2 Å². The average molecular weight is 530 g/mol. The predicted octanol–water partition coefficient (Wildman–Crippen LogP) is 4.86. The summed E-state index contributed by atoms with van der Waals surface area (Å²) in [6, 6.07) is 19.4. The van der Waals surface area contributed by atoms with Gasteiger partial charge < -0.3 is 19.6 Å². The Morgan fingerprint density at radius 1 is 1.05 bits per heavy atom. The number of amides is 1. The SMILES string of the molecule is Cc1cccc(COc2ccc(/C(O)=C3/C(=O)C(=O)N(CCCN(C)C)C3c3cccc([N+](=O)[O-])c3)cc2)c1. The highest BCUT2D eigenvalue weighted by molar-refractivity contribution is 6.46. The standard InChI is InChI=1S/C30H31N3O6/c1-20-7-4-8-21(17-20)19-39-25-13-11-22(12-14-25)28(34)26-27(23-9-5-10-24(18-23)33(37)38)32(30(36)29(26)35)16-6-15-31(2)3/h4-5,7-14,17-18,27,34H,6,15-16,19H2,1-3H3/b28-26-. The van der Waals surface area contributed by atoms with E-state index in [-0.39, 0.29) is 23.6 Å². The van der Waals surface area contributed by atoms with Crippen molar-refractivity contribution in [3.63, 3.8) is 0 Å². The van der Waals surface area contributed by atoms with Crippen molar-refractivity contribution in [1.29, 1.82) is 0 Å². The number of hydrogen-bond donors (Lipinski definition) is 1. The van der Waals surface area contributed by atoms with Crippen molar-refractivity contribution >= 4 is 23.1 Å². The van der Waals surface area contributed by atoms with Gasteiger partial charge in [0.15, 0.2) is 0 Å². The Morgan fingerprint density at radius 2 is 1.77 bits per heavy atom. The highest BCUT2D eigenvalue weighted by Crippen LogP contribution is 2.40. The van der Waals surface area contributed by atoms with Crippen LogP contribution in [0.5, 0.6) is 5.75 Å². The Kier molecular flexibility index (Phi) is 8.41. The van der Waals surface area contributed by atoms with Crippen molar-refractivity contribution in [3.05, 3.63) is 111 Å². The van der Waals surface area contributed by atoms with Gasteiger partial charge >= 0.3 is 0 Å². The number of hydrogen-bond acceptors (Lipinski definition) is 7. The van der Waals surface area contributed by atoms with Gasteiger partial charge in [0.2, 0.25) is 0 Å². The largest absolute Gasteiger partial charge is 0.507 e. The summed E-state index contributed by atoms with van der Waals surface area (Å²) in [5.41, 5.74) is 2.61. The highest BCUT2D eigenvalue weighted by atomic mass is 16.6. The number of carbonyl (C=O) groups is 2. The van der Waals surface area contributed by atoms with E-state index in [9.17, 15) is 24.8 Å². The maximum absolute atomic E-state index is 13.2. The first kappa shape index (κ1) is 27.5. The van der Waals surface area contributed by atoms with Crippen LogP contribution in [0.3, 0.4) is 0 Å². The third-order valence-corrected chi connectivity index (χ3v) is 6.56. The Balaban J connectivity index is 1.66. The summed E-state index contributed by atoms with van der Waals surface area (Å²) in [6.45, 7) is 3.30.